The van der Waals surface area contributed by atoms with Crippen LogP contribution in [0, 0.1) is 5.41 Å². The van der Waals surface area contributed by atoms with Crippen molar-refractivity contribution < 1.29 is 8.78 Å². The molecule has 0 heterocycles. The van der Waals surface area contributed by atoms with Crippen molar-refractivity contribution in [1.82, 2.24) is 0 Å². The molecule has 0 fully saturated rings. The van der Waals surface area contributed by atoms with Crippen molar-refractivity contribution in [2.45, 2.75) is 13.8 Å². The molecule has 0 bridgehead atoms. The highest BCUT2D eigenvalue weighted by molar-refractivity contribution is 5.95. The topological polar surface area (TPSA) is 48.6 Å². The highest BCUT2D eigenvalue weighted by atomic mass is 19.1. The van der Waals surface area contributed by atoms with Gasteiger partial charge in [0.15, 0.2) is 5.97 Å². The third-order valence-corrected chi connectivity index (χ3v) is 0.506. The summed E-state index contributed by atoms with van der Waals surface area (Å²) in [5, 5.41) is 6.65. The zero-order valence-electron chi connectivity index (χ0n) is 5.65. The molecular weight excluding hydrogens is 140 g/mol. The summed E-state index contributed by atoms with van der Waals surface area (Å²) in [4.78, 5) is 5.63. The van der Waals surface area contributed by atoms with Crippen LogP contribution in [0.3, 0.4) is 0 Å². The second kappa shape index (κ2) is 3.81. The van der Waals surface area contributed by atoms with E-state index in [2.05, 4.69) is 9.98 Å². The summed E-state index contributed by atoms with van der Waals surface area (Å²) >= 11 is 0. The lowest BCUT2D eigenvalue weighted by Gasteiger charge is -1.84. The molecule has 0 spiro atoms. The van der Waals surface area contributed by atoms with E-state index in [0.29, 0.717) is 0 Å². The first kappa shape index (κ1) is 8.87. The molecule has 56 valence electrons. The third kappa shape index (κ3) is 5.02. The van der Waals surface area contributed by atoms with Crippen LogP contribution in [0.5, 0.6) is 0 Å². The molecule has 3 nitrogen and oxygen atoms in total. The van der Waals surface area contributed by atoms with Gasteiger partial charge in [-0.25, -0.2) is 0 Å². The summed E-state index contributed by atoms with van der Waals surface area (Å²) in [6.45, 7) is 2.26. The first-order chi connectivity index (χ1) is 4.52. The molecule has 0 aliphatic carbocycles. The van der Waals surface area contributed by atoms with Crippen LogP contribution < -0.4 is 0 Å². The molecule has 0 saturated heterocycles. The zero-order valence-corrected chi connectivity index (χ0v) is 5.65. The Labute approximate surface area is 57.0 Å². The number of rotatable bonds is 0. The number of hydrogen-bond acceptors (Lipinski definition) is 1. The molecule has 0 radical (unpaired) electrons. The second-order valence-corrected chi connectivity index (χ2v) is 1.58. The van der Waals surface area contributed by atoms with E-state index in [4.69, 9.17) is 5.41 Å². The molecular formula is C5H7F2N3. The number of hydrogen-bond donors (Lipinski definition) is 1. The molecule has 10 heavy (non-hydrogen) atoms. The molecule has 0 unspecified atom stereocenters. The zero-order chi connectivity index (χ0) is 8.15. The lowest BCUT2D eigenvalue weighted by molar-refractivity contribution is 0.764. The van der Waals surface area contributed by atoms with E-state index < -0.39 is 12.1 Å². The quantitative estimate of drug-likeness (QED) is 0.308. The van der Waals surface area contributed by atoms with Gasteiger partial charge in [-0.1, -0.05) is 0 Å². The van der Waals surface area contributed by atoms with Gasteiger partial charge in [0.25, 0.3) is 0 Å². The largest absolute Gasteiger partial charge is 0.312 e. The van der Waals surface area contributed by atoms with Gasteiger partial charge < -0.3 is 0 Å². The van der Waals surface area contributed by atoms with Gasteiger partial charge in [-0.05, 0) is 6.92 Å². The minimum atomic E-state index is -1.23. The summed E-state index contributed by atoms with van der Waals surface area (Å²) in [6, 6.07) is 0. The summed E-state index contributed by atoms with van der Waals surface area (Å²) in [5.41, 5.74) is 0. The predicted octanol–water partition coefficient (Wildman–Crippen LogP) is 1.70. The summed E-state index contributed by atoms with van der Waals surface area (Å²) in [5.74, 6) is -1.16. The van der Waals surface area contributed by atoms with Gasteiger partial charge in [0, 0.05) is 6.92 Å². The minimum Gasteiger partial charge on any atom is -0.287 e. The van der Waals surface area contributed by atoms with Crippen LogP contribution in [0.25, 0.3) is 0 Å². The number of amidine groups is 2. The second-order valence-electron chi connectivity index (χ2n) is 1.58. The number of nitrogens with one attached hydrogen (secondary N) is 1. The van der Waals surface area contributed by atoms with Crippen LogP contribution in [0.15, 0.2) is 9.98 Å². The fourth-order valence-corrected chi connectivity index (χ4v) is 0.291. The Kier molecular flexibility index (Phi) is 3.38. The maximum Gasteiger partial charge on any atom is 0.312 e. The highest BCUT2D eigenvalue weighted by Crippen LogP contribution is 1.87. The average molecular weight is 147 g/mol. The molecule has 0 aromatic heterocycles. The van der Waals surface area contributed by atoms with Crippen molar-refractivity contribution in [2.75, 3.05) is 0 Å². The van der Waals surface area contributed by atoms with Gasteiger partial charge in [-0.15, -0.1) is 0 Å². The van der Waals surface area contributed by atoms with Crippen molar-refractivity contribution in [3.63, 3.8) is 0 Å². The SMILES string of the molecule is CC(=N)/N=C(F)\N=C(/C)F. The van der Waals surface area contributed by atoms with Crippen LogP contribution in [0.1, 0.15) is 13.8 Å². The summed E-state index contributed by atoms with van der Waals surface area (Å²) < 4.78 is 23.8. The molecule has 0 amide bonds. The smallest absolute Gasteiger partial charge is 0.287 e. The van der Waals surface area contributed by atoms with Crippen LogP contribution in [0.4, 0.5) is 8.78 Å². The molecule has 0 aromatic rings. The lowest BCUT2D eigenvalue weighted by Crippen LogP contribution is -1.92. The predicted molar refractivity (Wildman–Crippen MR) is 36.2 cm³/mol. The van der Waals surface area contributed by atoms with Gasteiger partial charge in [0.1, 0.15) is 5.84 Å². The maximum absolute atomic E-state index is 12.1. The normalized spacial score (nSPS) is 13.6. The molecule has 0 rings (SSSR count). The number of halogens is 2. The Morgan fingerprint density at radius 3 is 2.00 bits per heavy atom. The van der Waals surface area contributed by atoms with E-state index in [1.807, 2.05) is 0 Å². The Balaban J connectivity index is 4.22. The lowest BCUT2D eigenvalue weighted by atomic mass is 10.7. The third-order valence-electron chi connectivity index (χ3n) is 0.506. The maximum atomic E-state index is 12.1. The van der Waals surface area contributed by atoms with Crippen LogP contribution >= 0.6 is 0 Å². The van der Waals surface area contributed by atoms with Crippen LogP contribution in [-0.2, 0) is 0 Å². The molecule has 0 aliphatic rings. The molecule has 0 atom stereocenters. The molecule has 0 aliphatic heterocycles. The Morgan fingerprint density at radius 2 is 1.70 bits per heavy atom. The highest BCUT2D eigenvalue weighted by Gasteiger charge is 1.93. The van der Waals surface area contributed by atoms with Gasteiger partial charge in [0.2, 0.25) is 0 Å². The Hall–Kier alpha value is -1.13. The molecule has 0 aromatic carbocycles. The standard InChI is InChI=1S/C5H7F2N3/c1-3(6)9-5(7)10-4(2)8/h8H,1-2H3/b8-4?,9-3+,10-5-. The Morgan fingerprint density at radius 1 is 1.20 bits per heavy atom. The van der Waals surface area contributed by atoms with Crippen molar-refractivity contribution in [1.29, 1.82) is 5.41 Å². The van der Waals surface area contributed by atoms with Gasteiger partial charge >= 0.3 is 6.09 Å². The molecule has 5 heteroatoms. The first-order valence-electron chi connectivity index (χ1n) is 2.52. The summed E-state index contributed by atoms with van der Waals surface area (Å²) in [7, 11) is 0. The van der Waals surface area contributed by atoms with E-state index in [1.54, 1.807) is 0 Å². The van der Waals surface area contributed by atoms with Gasteiger partial charge in [-0.2, -0.15) is 18.8 Å². The monoisotopic (exact) mass is 147 g/mol. The number of nitrogens with zero attached hydrogens (tertiary/aromatic N) is 2. The molecule has 1 N–H and O–H groups in total. The average Bonchev–Trinajstić information content (AvgIpc) is 1.58. The Bertz CT molecular complexity index is 191. The fraction of sp³-hybridized carbons (Fsp3) is 0.400. The fourth-order valence-electron chi connectivity index (χ4n) is 0.291. The van der Waals surface area contributed by atoms with Gasteiger partial charge in [0.05, 0.1) is 0 Å². The molecule has 0 saturated carbocycles. The van der Waals surface area contributed by atoms with E-state index in [1.165, 1.54) is 6.92 Å². The van der Waals surface area contributed by atoms with Crippen molar-refractivity contribution in [3.05, 3.63) is 0 Å². The van der Waals surface area contributed by atoms with Gasteiger partial charge in [-0.3, -0.25) is 5.41 Å². The number of aliphatic imine (C=N–C) groups is 2. The minimum absolute atomic E-state index is 0.248. The summed E-state index contributed by atoms with van der Waals surface area (Å²) in [6.07, 6.45) is -1.23. The van der Waals surface area contributed by atoms with E-state index in [-0.39, 0.29) is 5.84 Å². The first-order valence-corrected chi connectivity index (χ1v) is 2.52. The van der Waals surface area contributed by atoms with Crippen molar-refractivity contribution in [2.24, 2.45) is 9.98 Å². The van der Waals surface area contributed by atoms with E-state index >= 15 is 0 Å². The van der Waals surface area contributed by atoms with Crippen LogP contribution in [0.2, 0.25) is 0 Å². The van der Waals surface area contributed by atoms with Crippen LogP contribution in [-0.4, -0.2) is 17.9 Å². The van der Waals surface area contributed by atoms with Crippen molar-refractivity contribution in [3.8, 4) is 0 Å². The van der Waals surface area contributed by atoms with E-state index in [9.17, 15) is 8.78 Å². The van der Waals surface area contributed by atoms with E-state index in [0.717, 1.165) is 6.92 Å². The van der Waals surface area contributed by atoms with Crippen molar-refractivity contribution >= 4 is 17.9 Å².